The Morgan fingerprint density at radius 2 is 1.06 bits per heavy atom. The van der Waals surface area contributed by atoms with Crippen molar-refractivity contribution in [2.24, 2.45) is 0 Å². The summed E-state index contributed by atoms with van der Waals surface area (Å²) in [7, 11) is -4.63. The van der Waals surface area contributed by atoms with Crippen LogP contribution in [0.3, 0.4) is 0 Å². The molecule has 18 heteroatoms. The smallest absolute Gasteiger partial charge is 0.335 e. The molecule has 0 saturated carbocycles. The van der Waals surface area contributed by atoms with Crippen LogP contribution in [0, 0.1) is 0 Å². The molecule has 0 fully saturated rings. The van der Waals surface area contributed by atoms with Gasteiger partial charge in [-0.1, -0.05) is 127 Å². The van der Waals surface area contributed by atoms with Crippen LogP contribution >= 0.6 is 11.6 Å². The Morgan fingerprint density at radius 1 is 0.597 bits per heavy atom. The number of amides is 1. The van der Waals surface area contributed by atoms with Crippen molar-refractivity contribution < 1.29 is 67.1 Å². The fraction of sp³-hybridized carbons (Fsp3) is 0.388. The van der Waals surface area contributed by atoms with Gasteiger partial charge in [-0.05, 0) is 73.2 Å². The van der Waals surface area contributed by atoms with Crippen LogP contribution in [0.4, 0.5) is 11.4 Å². The molecule has 1 amide bonds. The third-order valence-corrected chi connectivity index (χ3v) is 12.4. The number of carbonyl (C=O) groups excluding carboxylic acids is 2. The fourth-order valence-electron chi connectivity index (χ4n) is 7.16. The second kappa shape index (κ2) is 26.6. The van der Waals surface area contributed by atoms with E-state index in [0.717, 1.165) is 80.3 Å². The molecule has 16 nitrogen and oxygen atoms in total. The van der Waals surface area contributed by atoms with Gasteiger partial charge in [0.25, 0.3) is 15.9 Å². The molecule has 1 unspecified atom stereocenters. The summed E-state index contributed by atoms with van der Waals surface area (Å²) in [6.45, 7) is 2.47. The quantitative estimate of drug-likeness (QED) is 0.0156. The predicted molar refractivity (Wildman–Crippen MR) is 252 cm³/mol. The standard InChI is InChI=1S/C49H57ClN2O14S/c1-2-3-4-5-6-7-8-9-10-11-12-13-14-15-16-19-24-65-42-21-18-17-20-39(42)43(53)44(66-37-29-34(48(59)60)26-35(30-37)49(61)62)45(54)51-41-31-38(22-23-40(41)50)67(63,64)52-36-27-32(46(55)56)25-33(28-36)47(57)58/h17-18,20-23,25-31,44,52H,2-16,19,24H2,1H3,(H,51,54)(H,55,56)(H,57,58)(H,59,60)(H,61,62). The van der Waals surface area contributed by atoms with Crippen LogP contribution in [0.25, 0.3) is 0 Å². The molecule has 4 aromatic carbocycles. The Hall–Kier alpha value is -6.46. The highest BCUT2D eigenvalue weighted by atomic mass is 35.5. The van der Waals surface area contributed by atoms with Crippen molar-refractivity contribution in [3.8, 4) is 11.5 Å². The molecule has 360 valence electrons. The molecular formula is C49H57ClN2O14S. The molecule has 0 radical (unpaired) electrons. The van der Waals surface area contributed by atoms with E-state index in [2.05, 4.69) is 17.0 Å². The molecule has 1 atom stereocenters. The molecule has 0 saturated heterocycles. The maximum absolute atomic E-state index is 14.4. The highest BCUT2D eigenvalue weighted by molar-refractivity contribution is 7.92. The van der Waals surface area contributed by atoms with Crippen LogP contribution in [0.5, 0.6) is 11.5 Å². The van der Waals surface area contributed by atoms with E-state index in [1.807, 2.05) is 0 Å². The summed E-state index contributed by atoms with van der Waals surface area (Å²) < 4.78 is 40.9. The molecule has 0 aliphatic rings. The monoisotopic (exact) mass is 964 g/mol. The van der Waals surface area contributed by atoms with Gasteiger partial charge >= 0.3 is 23.9 Å². The number of para-hydroxylation sites is 1. The van der Waals surface area contributed by atoms with Crippen LogP contribution in [-0.2, 0) is 14.8 Å². The summed E-state index contributed by atoms with van der Waals surface area (Å²) in [5.41, 5.74) is -2.97. The average molecular weight is 966 g/mol. The lowest BCUT2D eigenvalue weighted by atomic mass is 10.0. The molecule has 0 heterocycles. The molecule has 4 rings (SSSR count). The number of hydrogen-bond acceptors (Lipinski definition) is 10. The van der Waals surface area contributed by atoms with Crippen molar-refractivity contribution in [1.29, 1.82) is 0 Å². The first-order valence-electron chi connectivity index (χ1n) is 22.3. The molecule has 4 aromatic rings. The van der Waals surface area contributed by atoms with Gasteiger partial charge in [-0.3, -0.25) is 14.3 Å². The Kier molecular flexibility index (Phi) is 21.1. The third kappa shape index (κ3) is 17.0. The topological polar surface area (TPSA) is 260 Å². The van der Waals surface area contributed by atoms with Gasteiger partial charge in [0, 0.05) is 0 Å². The third-order valence-electron chi connectivity index (χ3n) is 10.7. The average Bonchev–Trinajstić information content (AvgIpc) is 3.29. The zero-order valence-corrected chi connectivity index (χ0v) is 38.8. The Morgan fingerprint density at radius 3 is 1.55 bits per heavy atom. The van der Waals surface area contributed by atoms with E-state index in [1.165, 1.54) is 88.8 Å². The molecule has 67 heavy (non-hydrogen) atoms. The zero-order chi connectivity index (χ0) is 48.9. The summed E-state index contributed by atoms with van der Waals surface area (Å²) in [5.74, 6) is -8.70. The van der Waals surface area contributed by atoms with Crippen LogP contribution < -0.4 is 19.5 Å². The van der Waals surface area contributed by atoms with E-state index in [9.17, 15) is 57.6 Å². The number of ether oxygens (including phenoxy) is 2. The number of hydrogen-bond donors (Lipinski definition) is 6. The van der Waals surface area contributed by atoms with Gasteiger partial charge in [-0.15, -0.1) is 0 Å². The predicted octanol–water partition coefficient (Wildman–Crippen LogP) is 10.8. The molecule has 0 aliphatic heterocycles. The van der Waals surface area contributed by atoms with E-state index in [4.69, 9.17) is 21.1 Å². The molecule has 0 aliphatic carbocycles. The van der Waals surface area contributed by atoms with Crippen molar-refractivity contribution in [3.63, 3.8) is 0 Å². The van der Waals surface area contributed by atoms with Gasteiger partial charge < -0.3 is 35.2 Å². The van der Waals surface area contributed by atoms with E-state index < -0.39 is 90.3 Å². The number of anilines is 2. The number of carbonyl (C=O) groups is 6. The van der Waals surface area contributed by atoms with Gasteiger partial charge in [0.15, 0.2) is 0 Å². The van der Waals surface area contributed by atoms with Crippen molar-refractivity contribution in [1.82, 2.24) is 0 Å². The minimum absolute atomic E-state index is 0.107. The number of halogens is 1. The summed E-state index contributed by atoms with van der Waals surface area (Å²) in [6, 6.07) is 14.4. The van der Waals surface area contributed by atoms with E-state index in [0.29, 0.717) is 6.42 Å². The SMILES string of the molecule is CCCCCCCCCCCCCCCCCCOc1ccccc1C(=O)C(Oc1cc(C(=O)O)cc(C(=O)O)c1)C(=O)Nc1cc(S(=O)(=O)Nc2cc(C(=O)O)cc(C(=O)O)c2)ccc1Cl. The number of nitrogens with one attached hydrogen (secondary N) is 2. The van der Waals surface area contributed by atoms with Gasteiger partial charge in [0.05, 0.1) is 55.7 Å². The van der Waals surface area contributed by atoms with Crippen molar-refractivity contribution in [3.05, 3.63) is 112 Å². The maximum atomic E-state index is 14.4. The highest BCUT2D eigenvalue weighted by Crippen LogP contribution is 2.30. The van der Waals surface area contributed by atoms with Gasteiger partial charge in [-0.25, -0.2) is 27.6 Å². The first kappa shape index (κ1) is 53.2. The number of unbranched alkanes of at least 4 members (excludes halogenated alkanes) is 15. The second-order valence-electron chi connectivity index (χ2n) is 16.0. The van der Waals surface area contributed by atoms with Crippen LogP contribution in [0.15, 0.2) is 83.8 Å². The number of carboxylic acid groups (broad SMARTS) is 4. The minimum Gasteiger partial charge on any atom is -0.493 e. The molecule has 6 N–H and O–H groups in total. The number of carboxylic acids is 4. The first-order chi connectivity index (χ1) is 32.0. The van der Waals surface area contributed by atoms with E-state index in [-0.39, 0.29) is 28.6 Å². The van der Waals surface area contributed by atoms with Crippen molar-refractivity contribution in [2.45, 2.75) is 121 Å². The zero-order valence-electron chi connectivity index (χ0n) is 37.3. The number of aromatic carboxylic acids is 4. The Bertz CT molecular complexity index is 2430. The van der Waals surface area contributed by atoms with Crippen molar-refractivity contribution in [2.75, 3.05) is 16.6 Å². The van der Waals surface area contributed by atoms with E-state index in [1.54, 1.807) is 6.07 Å². The number of sulfonamides is 1. The lowest BCUT2D eigenvalue weighted by Gasteiger charge is -2.20. The van der Waals surface area contributed by atoms with Crippen LogP contribution in [-0.4, -0.2) is 77.1 Å². The second-order valence-corrected chi connectivity index (χ2v) is 18.1. The molecule has 0 spiro atoms. The number of Topliss-reactive ketones (excluding diaryl/α,β-unsaturated/α-hetero) is 1. The van der Waals surface area contributed by atoms with Crippen LogP contribution in [0.2, 0.25) is 5.02 Å². The molecule has 0 bridgehead atoms. The lowest BCUT2D eigenvalue weighted by Crippen LogP contribution is -2.40. The summed E-state index contributed by atoms with van der Waals surface area (Å²) >= 11 is 6.38. The summed E-state index contributed by atoms with van der Waals surface area (Å²) in [4.78, 5) is 75.0. The molecular weight excluding hydrogens is 908 g/mol. The summed E-state index contributed by atoms with van der Waals surface area (Å²) in [5, 5.41) is 40.4. The van der Waals surface area contributed by atoms with Crippen LogP contribution in [0.1, 0.15) is 161 Å². The van der Waals surface area contributed by atoms with Gasteiger partial charge in [-0.2, -0.15) is 0 Å². The fourth-order valence-corrected chi connectivity index (χ4v) is 8.39. The Labute approximate surface area is 394 Å². The Balaban J connectivity index is 1.48. The van der Waals surface area contributed by atoms with Gasteiger partial charge in [0.2, 0.25) is 11.9 Å². The number of rotatable bonds is 31. The molecule has 0 aromatic heterocycles. The first-order valence-corrected chi connectivity index (χ1v) is 24.2. The minimum atomic E-state index is -4.63. The number of benzene rings is 4. The summed E-state index contributed by atoms with van der Waals surface area (Å²) in [6.07, 6.45) is 16.9. The highest BCUT2D eigenvalue weighted by Gasteiger charge is 2.33. The lowest BCUT2D eigenvalue weighted by molar-refractivity contribution is -0.120. The van der Waals surface area contributed by atoms with Crippen molar-refractivity contribution >= 4 is 68.6 Å². The van der Waals surface area contributed by atoms with E-state index >= 15 is 0 Å². The largest absolute Gasteiger partial charge is 0.493 e. The van der Waals surface area contributed by atoms with Gasteiger partial charge in [0.1, 0.15) is 11.5 Å². The number of ketones is 1. The normalized spacial score (nSPS) is 11.6. The maximum Gasteiger partial charge on any atom is 0.335 e.